The van der Waals surface area contributed by atoms with E-state index < -0.39 is 0 Å². The molecule has 1 heterocycles. The Labute approximate surface area is 76.5 Å². The Morgan fingerprint density at radius 3 is 2.92 bits per heavy atom. The van der Waals surface area contributed by atoms with Gasteiger partial charge in [0.1, 0.15) is 0 Å². The van der Waals surface area contributed by atoms with E-state index in [0.717, 1.165) is 13.0 Å². The second-order valence-corrected chi connectivity index (χ2v) is 2.47. The number of hydrogen-bond donors (Lipinski definition) is 1. The molecule has 1 aromatic rings. The molecule has 0 aliphatic rings. The SMILES string of the molecule is CCCCCOc1cc[nH]n1.P. The lowest BCUT2D eigenvalue weighted by Crippen LogP contribution is -1.96. The average Bonchev–Trinajstić information content (AvgIpc) is 2.50. The number of ether oxygens (including phenoxy) is 1. The van der Waals surface area contributed by atoms with Gasteiger partial charge in [0.15, 0.2) is 0 Å². The molecule has 0 aliphatic heterocycles. The highest BCUT2D eigenvalue weighted by Gasteiger charge is 1.92. The molecule has 0 aromatic carbocycles. The third-order valence-corrected chi connectivity index (χ3v) is 1.47. The van der Waals surface area contributed by atoms with Crippen LogP contribution in [0.1, 0.15) is 26.2 Å². The smallest absolute Gasteiger partial charge is 0.232 e. The van der Waals surface area contributed by atoms with Crippen LogP contribution in [0, 0.1) is 0 Å². The van der Waals surface area contributed by atoms with Crippen LogP contribution in [0.3, 0.4) is 0 Å². The van der Waals surface area contributed by atoms with E-state index in [1.807, 2.05) is 6.07 Å². The third kappa shape index (κ3) is 4.35. The summed E-state index contributed by atoms with van der Waals surface area (Å²) in [5.41, 5.74) is 0. The predicted octanol–water partition coefficient (Wildman–Crippen LogP) is 2.04. The normalized spacial score (nSPS) is 9.08. The molecule has 0 spiro atoms. The number of rotatable bonds is 5. The molecule has 0 fully saturated rings. The van der Waals surface area contributed by atoms with Crippen LogP contribution in [0.2, 0.25) is 0 Å². The molecule has 70 valence electrons. The Hall–Kier alpha value is -0.560. The predicted molar refractivity (Wildman–Crippen MR) is 54.7 cm³/mol. The van der Waals surface area contributed by atoms with Crippen LogP contribution < -0.4 is 4.74 Å². The van der Waals surface area contributed by atoms with Gasteiger partial charge in [0, 0.05) is 12.3 Å². The Bertz CT molecular complexity index is 177. The fourth-order valence-corrected chi connectivity index (χ4v) is 0.856. The first-order chi connectivity index (χ1) is 5.43. The highest BCUT2D eigenvalue weighted by molar-refractivity contribution is 6.92. The zero-order valence-electron chi connectivity index (χ0n) is 7.55. The maximum Gasteiger partial charge on any atom is 0.232 e. The lowest BCUT2D eigenvalue weighted by atomic mass is 10.3. The number of unbranched alkanes of at least 4 members (excludes halogenated alkanes) is 2. The van der Waals surface area contributed by atoms with Crippen molar-refractivity contribution in [3.8, 4) is 5.88 Å². The number of aromatic nitrogens is 2. The van der Waals surface area contributed by atoms with Crippen molar-refractivity contribution in [2.75, 3.05) is 6.61 Å². The van der Waals surface area contributed by atoms with E-state index in [-0.39, 0.29) is 9.90 Å². The van der Waals surface area contributed by atoms with Crippen molar-refractivity contribution in [1.82, 2.24) is 10.2 Å². The van der Waals surface area contributed by atoms with E-state index in [4.69, 9.17) is 4.74 Å². The molecule has 0 saturated heterocycles. The van der Waals surface area contributed by atoms with Crippen molar-refractivity contribution in [3.63, 3.8) is 0 Å². The highest BCUT2D eigenvalue weighted by atomic mass is 31.0. The summed E-state index contributed by atoms with van der Waals surface area (Å²) in [4.78, 5) is 0. The van der Waals surface area contributed by atoms with Crippen LogP contribution >= 0.6 is 9.90 Å². The van der Waals surface area contributed by atoms with Crippen LogP contribution in [0.4, 0.5) is 0 Å². The second kappa shape index (κ2) is 7.11. The molecule has 1 N–H and O–H groups in total. The summed E-state index contributed by atoms with van der Waals surface area (Å²) >= 11 is 0. The fraction of sp³-hybridized carbons (Fsp3) is 0.625. The van der Waals surface area contributed by atoms with Crippen LogP contribution in [0.25, 0.3) is 0 Å². The lowest BCUT2D eigenvalue weighted by molar-refractivity contribution is 0.294. The Balaban J connectivity index is 0.00000121. The van der Waals surface area contributed by atoms with E-state index >= 15 is 0 Å². The van der Waals surface area contributed by atoms with Gasteiger partial charge in [0.05, 0.1) is 6.61 Å². The summed E-state index contributed by atoms with van der Waals surface area (Å²) in [6.45, 7) is 2.95. The van der Waals surface area contributed by atoms with Gasteiger partial charge in [-0.3, -0.25) is 5.10 Å². The minimum atomic E-state index is 0. The third-order valence-electron chi connectivity index (χ3n) is 1.47. The second-order valence-electron chi connectivity index (χ2n) is 2.47. The number of aromatic amines is 1. The van der Waals surface area contributed by atoms with Gasteiger partial charge < -0.3 is 4.74 Å². The van der Waals surface area contributed by atoms with Crippen LogP contribution in [0.15, 0.2) is 12.3 Å². The summed E-state index contributed by atoms with van der Waals surface area (Å²) < 4.78 is 5.31. The van der Waals surface area contributed by atoms with Gasteiger partial charge in [-0.2, -0.15) is 9.90 Å². The number of nitrogens with zero attached hydrogens (tertiary/aromatic N) is 1. The molecule has 1 unspecified atom stereocenters. The number of hydrogen-bond acceptors (Lipinski definition) is 2. The van der Waals surface area contributed by atoms with E-state index in [2.05, 4.69) is 17.1 Å². The summed E-state index contributed by atoms with van der Waals surface area (Å²) in [6.07, 6.45) is 5.33. The molecule has 1 rings (SSSR count). The van der Waals surface area contributed by atoms with Gasteiger partial charge in [0.2, 0.25) is 5.88 Å². The van der Waals surface area contributed by atoms with Gasteiger partial charge in [0.25, 0.3) is 0 Å². The molecule has 0 bridgehead atoms. The van der Waals surface area contributed by atoms with Crippen LogP contribution in [0.5, 0.6) is 5.88 Å². The first kappa shape index (κ1) is 11.4. The van der Waals surface area contributed by atoms with Gasteiger partial charge in [-0.05, 0) is 6.42 Å². The molecule has 12 heavy (non-hydrogen) atoms. The van der Waals surface area contributed by atoms with Gasteiger partial charge in [-0.25, -0.2) is 0 Å². The zero-order valence-corrected chi connectivity index (χ0v) is 8.96. The zero-order chi connectivity index (χ0) is 7.94. The average molecular weight is 188 g/mol. The molecule has 3 nitrogen and oxygen atoms in total. The summed E-state index contributed by atoms with van der Waals surface area (Å²) in [5, 5.41) is 6.56. The van der Waals surface area contributed by atoms with Crippen molar-refractivity contribution in [1.29, 1.82) is 0 Å². The van der Waals surface area contributed by atoms with Crippen LogP contribution in [-0.2, 0) is 0 Å². The van der Waals surface area contributed by atoms with Gasteiger partial charge in [-0.1, -0.05) is 19.8 Å². The number of nitrogens with one attached hydrogen (secondary N) is 1. The summed E-state index contributed by atoms with van der Waals surface area (Å²) in [7, 11) is 0. The molecule has 1 aromatic heterocycles. The Morgan fingerprint density at radius 1 is 1.50 bits per heavy atom. The molecular formula is C8H17N2OP. The van der Waals surface area contributed by atoms with Crippen LogP contribution in [-0.4, -0.2) is 16.8 Å². The van der Waals surface area contributed by atoms with E-state index in [0.29, 0.717) is 5.88 Å². The van der Waals surface area contributed by atoms with Crippen molar-refractivity contribution in [3.05, 3.63) is 12.3 Å². The number of H-pyrrole nitrogens is 1. The minimum Gasteiger partial charge on any atom is -0.477 e. The lowest BCUT2D eigenvalue weighted by Gasteiger charge is -1.99. The van der Waals surface area contributed by atoms with E-state index in [9.17, 15) is 0 Å². The van der Waals surface area contributed by atoms with Crippen molar-refractivity contribution in [2.45, 2.75) is 26.2 Å². The molecule has 4 heteroatoms. The van der Waals surface area contributed by atoms with Crippen molar-refractivity contribution < 1.29 is 4.74 Å². The van der Waals surface area contributed by atoms with Crippen molar-refractivity contribution >= 4 is 9.90 Å². The standard InChI is InChI=1S/C8H14N2O.H3P/c1-2-3-4-7-11-8-5-6-9-10-8;/h5-6H,2-4,7H2,1H3,(H,9,10);1H3. The molecule has 1 atom stereocenters. The Kier molecular flexibility index (Phi) is 6.78. The largest absolute Gasteiger partial charge is 0.477 e. The summed E-state index contributed by atoms with van der Waals surface area (Å²) in [5.74, 6) is 0.695. The maximum absolute atomic E-state index is 5.31. The monoisotopic (exact) mass is 188 g/mol. The van der Waals surface area contributed by atoms with E-state index in [1.165, 1.54) is 12.8 Å². The molecule has 0 aliphatic carbocycles. The minimum absolute atomic E-state index is 0. The topological polar surface area (TPSA) is 37.9 Å². The molecular weight excluding hydrogens is 171 g/mol. The fourth-order valence-electron chi connectivity index (χ4n) is 0.856. The Morgan fingerprint density at radius 2 is 2.33 bits per heavy atom. The first-order valence-electron chi connectivity index (χ1n) is 4.06. The molecule has 0 radical (unpaired) electrons. The summed E-state index contributed by atoms with van der Waals surface area (Å²) in [6, 6.07) is 1.83. The van der Waals surface area contributed by atoms with Gasteiger partial charge in [-0.15, -0.1) is 5.10 Å². The molecule has 0 amide bonds. The quantitative estimate of drug-likeness (QED) is 0.567. The van der Waals surface area contributed by atoms with Gasteiger partial charge >= 0.3 is 0 Å². The maximum atomic E-state index is 5.31. The highest BCUT2D eigenvalue weighted by Crippen LogP contribution is 2.03. The van der Waals surface area contributed by atoms with E-state index in [1.54, 1.807) is 6.20 Å². The first-order valence-corrected chi connectivity index (χ1v) is 4.06. The molecule has 0 saturated carbocycles. The van der Waals surface area contributed by atoms with Crippen molar-refractivity contribution in [2.24, 2.45) is 0 Å².